The summed E-state index contributed by atoms with van der Waals surface area (Å²) in [5, 5.41) is 5.63. The van der Waals surface area contributed by atoms with Crippen LogP contribution < -0.4 is 5.32 Å². The summed E-state index contributed by atoms with van der Waals surface area (Å²) < 4.78 is 25.5. The average molecular weight is 527 g/mol. The SMILES string of the molecule is [C-]#[N+]C1(N2CCC(c3cc4cc(NC(=O)C5CC56CCOCC6)ncc4cc3Cl)CC2)CCOCC1F. The summed E-state index contributed by atoms with van der Waals surface area (Å²) in [4.78, 5) is 23.2. The largest absolute Gasteiger partial charge is 0.381 e. The fraction of sp³-hybridized carbons (Fsp3) is 0.607. The van der Waals surface area contributed by atoms with Crippen LogP contribution in [0.15, 0.2) is 24.4 Å². The first-order chi connectivity index (χ1) is 17.9. The molecule has 1 aromatic heterocycles. The lowest BCUT2D eigenvalue weighted by Crippen LogP contribution is -2.59. The molecule has 9 heteroatoms. The molecule has 1 amide bonds. The van der Waals surface area contributed by atoms with Gasteiger partial charge in [-0.05, 0) is 72.6 Å². The number of aromatic nitrogens is 1. The quantitative estimate of drug-likeness (QED) is 0.555. The fourth-order valence-electron chi connectivity index (χ4n) is 6.66. The highest BCUT2D eigenvalue weighted by molar-refractivity contribution is 6.32. The first kappa shape index (κ1) is 25.0. The number of nitrogens with one attached hydrogen (secondary N) is 1. The summed E-state index contributed by atoms with van der Waals surface area (Å²) in [7, 11) is 0. The Morgan fingerprint density at radius 2 is 1.89 bits per heavy atom. The van der Waals surface area contributed by atoms with Crippen LogP contribution in [0.2, 0.25) is 5.02 Å². The molecule has 1 saturated carbocycles. The number of rotatable bonds is 4. The number of pyridine rings is 1. The van der Waals surface area contributed by atoms with Gasteiger partial charge in [-0.1, -0.05) is 11.6 Å². The topological polar surface area (TPSA) is 68.1 Å². The van der Waals surface area contributed by atoms with Crippen molar-refractivity contribution in [2.45, 2.75) is 56.3 Å². The third-order valence-corrected chi connectivity index (χ3v) is 9.47. The van der Waals surface area contributed by atoms with Gasteiger partial charge in [-0.15, -0.1) is 0 Å². The van der Waals surface area contributed by atoms with Gasteiger partial charge in [0, 0.05) is 48.8 Å². The van der Waals surface area contributed by atoms with Crippen LogP contribution in [0.3, 0.4) is 0 Å². The lowest BCUT2D eigenvalue weighted by Gasteiger charge is -2.42. The third kappa shape index (κ3) is 4.50. The molecule has 6 rings (SSSR count). The maximum Gasteiger partial charge on any atom is 0.324 e. The minimum atomic E-state index is -1.29. The van der Waals surface area contributed by atoms with Crippen LogP contribution in [0, 0.1) is 17.9 Å². The van der Waals surface area contributed by atoms with Gasteiger partial charge in [-0.2, -0.15) is 0 Å². The Morgan fingerprint density at radius 1 is 1.14 bits per heavy atom. The third-order valence-electron chi connectivity index (χ3n) is 9.14. The van der Waals surface area contributed by atoms with Crippen molar-refractivity contribution in [3.8, 4) is 0 Å². The van der Waals surface area contributed by atoms with Gasteiger partial charge in [0.15, 0.2) is 0 Å². The number of likely N-dealkylation sites (tertiary alicyclic amines) is 1. The number of carbonyl (C=O) groups is 1. The van der Waals surface area contributed by atoms with E-state index in [1.165, 1.54) is 0 Å². The molecule has 1 N–H and O–H groups in total. The van der Waals surface area contributed by atoms with E-state index in [1.807, 2.05) is 17.0 Å². The second kappa shape index (κ2) is 9.77. The van der Waals surface area contributed by atoms with Crippen LogP contribution >= 0.6 is 11.6 Å². The monoisotopic (exact) mass is 526 g/mol. The van der Waals surface area contributed by atoms with Crippen molar-refractivity contribution in [2.24, 2.45) is 11.3 Å². The van der Waals surface area contributed by atoms with Gasteiger partial charge in [0.05, 0.1) is 19.6 Å². The van der Waals surface area contributed by atoms with Crippen LogP contribution in [0.4, 0.5) is 10.2 Å². The Kier molecular flexibility index (Phi) is 6.60. The number of ether oxygens (including phenoxy) is 2. The van der Waals surface area contributed by atoms with Crippen molar-refractivity contribution < 1.29 is 18.7 Å². The number of anilines is 1. The maximum atomic E-state index is 14.8. The predicted molar refractivity (Wildman–Crippen MR) is 139 cm³/mol. The van der Waals surface area contributed by atoms with E-state index in [0.29, 0.717) is 37.0 Å². The fourth-order valence-corrected chi connectivity index (χ4v) is 6.98. The van der Waals surface area contributed by atoms with Crippen LogP contribution in [-0.2, 0) is 14.3 Å². The molecule has 1 aliphatic carbocycles. The lowest BCUT2D eigenvalue weighted by molar-refractivity contribution is -0.118. The summed E-state index contributed by atoms with van der Waals surface area (Å²) >= 11 is 6.71. The van der Waals surface area contributed by atoms with E-state index in [0.717, 1.165) is 61.7 Å². The zero-order valence-corrected chi connectivity index (χ0v) is 21.6. The highest BCUT2D eigenvalue weighted by atomic mass is 35.5. The van der Waals surface area contributed by atoms with Crippen molar-refractivity contribution in [2.75, 3.05) is 44.8 Å². The highest BCUT2D eigenvalue weighted by Gasteiger charge is 2.58. The molecule has 4 fully saturated rings. The highest BCUT2D eigenvalue weighted by Crippen LogP contribution is 2.59. The van der Waals surface area contributed by atoms with Crippen molar-refractivity contribution >= 4 is 34.1 Å². The molecule has 4 aliphatic rings. The first-order valence-corrected chi connectivity index (χ1v) is 13.7. The van der Waals surface area contributed by atoms with E-state index in [1.54, 1.807) is 6.20 Å². The van der Waals surface area contributed by atoms with E-state index in [9.17, 15) is 9.18 Å². The molecule has 3 aliphatic heterocycles. The number of benzene rings is 1. The molecule has 3 unspecified atom stereocenters. The van der Waals surface area contributed by atoms with Crippen molar-refractivity contribution in [1.29, 1.82) is 0 Å². The number of nitrogens with zero attached hydrogens (tertiary/aromatic N) is 3. The van der Waals surface area contributed by atoms with E-state index in [2.05, 4.69) is 21.2 Å². The number of piperidine rings is 1. The van der Waals surface area contributed by atoms with Crippen LogP contribution in [-0.4, -0.2) is 67.1 Å². The van der Waals surface area contributed by atoms with Crippen LogP contribution in [0.25, 0.3) is 15.6 Å². The summed E-state index contributed by atoms with van der Waals surface area (Å²) in [5.41, 5.74) is 0.0640. The van der Waals surface area contributed by atoms with E-state index < -0.39 is 11.8 Å². The van der Waals surface area contributed by atoms with Crippen molar-refractivity contribution in [3.63, 3.8) is 0 Å². The molecule has 3 atom stereocenters. The number of hydrogen-bond acceptors (Lipinski definition) is 5. The van der Waals surface area contributed by atoms with Crippen LogP contribution in [0.1, 0.15) is 50.0 Å². The van der Waals surface area contributed by atoms with Crippen LogP contribution in [0.5, 0.6) is 0 Å². The zero-order chi connectivity index (χ0) is 25.6. The standard InChI is InChI=1S/C28H32ClFN4O3/c1-31-28(6-11-37-17-24(28)30)34-7-2-18(3-8-34)21-12-19-14-25(32-16-20(19)13-23(21)29)33-26(35)22-15-27(22)4-9-36-10-5-27/h12-14,16,18,22,24H,2-11,15,17H2,(H,32,33,35). The minimum absolute atomic E-state index is 0.0120. The Hall–Kier alpha value is -2.31. The van der Waals surface area contributed by atoms with Gasteiger partial charge < -0.3 is 14.8 Å². The molecule has 1 spiro atoms. The first-order valence-electron chi connectivity index (χ1n) is 13.3. The Morgan fingerprint density at radius 3 is 2.62 bits per heavy atom. The molecule has 2 aromatic rings. The van der Waals surface area contributed by atoms with Gasteiger partial charge >= 0.3 is 5.66 Å². The molecule has 0 radical (unpaired) electrons. The summed E-state index contributed by atoms with van der Waals surface area (Å²) in [6.45, 7) is 10.9. The Balaban J connectivity index is 1.16. The maximum absolute atomic E-state index is 14.8. The molecule has 3 saturated heterocycles. The number of halogens is 2. The Bertz CT molecular complexity index is 1240. The number of alkyl halides is 1. The van der Waals surface area contributed by atoms with Crippen molar-refractivity contribution in [1.82, 2.24) is 9.88 Å². The van der Waals surface area contributed by atoms with E-state index in [-0.39, 0.29) is 29.8 Å². The summed E-state index contributed by atoms with van der Waals surface area (Å²) in [6, 6.07) is 5.96. The molecule has 196 valence electrons. The van der Waals surface area contributed by atoms with Gasteiger partial charge in [0.2, 0.25) is 12.1 Å². The average Bonchev–Trinajstić information content (AvgIpc) is 3.62. The molecule has 4 heterocycles. The minimum Gasteiger partial charge on any atom is -0.381 e. The van der Waals surface area contributed by atoms with E-state index in [4.69, 9.17) is 27.6 Å². The van der Waals surface area contributed by atoms with Gasteiger partial charge in [0.25, 0.3) is 0 Å². The zero-order valence-electron chi connectivity index (χ0n) is 20.8. The molecule has 37 heavy (non-hydrogen) atoms. The number of carbonyl (C=O) groups excluding carboxylic acids is 1. The molecule has 1 aromatic carbocycles. The smallest absolute Gasteiger partial charge is 0.324 e. The van der Waals surface area contributed by atoms with Gasteiger partial charge in [-0.25, -0.2) is 20.8 Å². The van der Waals surface area contributed by atoms with Gasteiger partial charge in [-0.3, -0.25) is 9.64 Å². The molecular formula is C28H32ClFN4O3. The van der Waals surface area contributed by atoms with Crippen molar-refractivity contribution in [3.05, 3.63) is 46.4 Å². The second-order valence-corrected chi connectivity index (χ2v) is 11.5. The molecule has 7 nitrogen and oxygen atoms in total. The number of fused-ring (bicyclic) bond motifs is 1. The van der Waals surface area contributed by atoms with Gasteiger partial charge in [0.1, 0.15) is 5.82 Å². The Labute approximate surface area is 221 Å². The molecule has 0 bridgehead atoms. The number of hydrogen-bond donors (Lipinski definition) is 1. The number of amides is 1. The second-order valence-electron chi connectivity index (χ2n) is 11.1. The predicted octanol–water partition coefficient (Wildman–Crippen LogP) is 5.20. The summed E-state index contributed by atoms with van der Waals surface area (Å²) in [6.07, 6.45) is 5.30. The summed E-state index contributed by atoms with van der Waals surface area (Å²) in [5.74, 6) is 0.865. The lowest BCUT2D eigenvalue weighted by atomic mass is 9.85. The van der Waals surface area contributed by atoms with E-state index >= 15 is 0 Å². The normalized spacial score (nSPS) is 30.2. The molecular weight excluding hydrogens is 495 g/mol.